The van der Waals surface area contributed by atoms with Gasteiger partial charge in [-0.2, -0.15) is 0 Å². The van der Waals surface area contributed by atoms with E-state index < -0.39 is 0 Å². The Morgan fingerprint density at radius 2 is 0.569 bits per heavy atom. The molecule has 19 aromatic carbocycles. The van der Waals surface area contributed by atoms with Gasteiger partial charge in [-0.3, -0.25) is 0 Å². The van der Waals surface area contributed by atoms with E-state index in [1.54, 1.807) is 0 Å². The molecule has 4 aliphatic carbocycles. The van der Waals surface area contributed by atoms with Crippen LogP contribution in [-0.2, 0) is 21.7 Å². The average molecular weight is 1760 g/mol. The number of aromatic nitrogens is 8. The molecule has 0 saturated carbocycles. The molecule has 4 heterocycles. The second-order valence-corrected chi connectivity index (χ2v) is 38.7. The van der Waals surface area contributed by atoms with Gasteiger partial charge in [0.1, 0.15) is 11.2 Å². The second kappa shape index (κ2) is 31.9. The number of furan rings is 1. The molecular weight excluding hydrogens is 1670 g/mol. The average Bonchev–Trinajstić information content (AvgIpc) is 1.57. The first-order valence-electron chi connectivity index (χ1n) is 47.3. The Morgan fingerprint density at radius 3 is 1.21 bits per heavy atom. The van der Waals surface area contributed by atoms with Crippen molar-refractivity contribution < 1.29 is 4.42 Å². The molecule has 4 aromatic heterocycles. The highest BCUT2D eigenvalue weighted by Crippen LogP contribution is 2.57. The fourth-order valence-electron chi connectivity index (χ4n) is 22.4. The van der Waals surface area contributed by atoms with Crippen LogP contribution in [0, 0.1) is 0 Å². The number of nitrogens with zero attached hydrogens (tertiary/aromatic N) is 8. The van der Waals surface area contributed by atoms with Crippen LogP contribution in [0.4, 0.5) is 0 Å². The molecule has 0 bridgehead atoms. The Bertz CT molecular complexity index is 8920. The third-order valence-electron chi connectivity index (χ3n) is 29.3. The van der Waals surface area contributed by atoms with Gasteiger partial charge in [-0.25, -0.2) is 39.9 Å². The number of para-hydroxylation sites is 3. The Balaban J connectivity index is 0.000000111. The summed E-state index contributed by atoms with van der Waals surface area (Å²) in [6, 6.07) is 146. The smallest absolute Gasteiger partial charge is 0.164 e. The monoisotopic (exact) mass is 1760 g/mol. The summed E-state index contributed by atoms with van der Waals surface area (Å²) in [5.74, 6) is 3.84. The van der Waals surface area contributed by atoms with Crippen LogP contribution in [0.25, 0.3) is 223 Å². The third-order valence-corrected chi connectivity index (χ3v) is 29.3. The molecule has 9 heteroatoms. The first kappa shape index (κ1) is 82.1. The summed E-state index contributed by atoms with van der Waals surface area (Å²) >= 11 is 0. The van der Waals surface area contributed by atoms with Crippen LogP contribution in [0.15, 0.2) is 417 Å². The SMILES string of the molecule is CC1(C)c2ccccc2-c2c1ccc1cccc(-c3cccc(-c4nc(-c5ccccc5)nc(-c5ccc6c(c5)oc5ccccc56)n4)c3)c21.CC1(C)c2ccccc2-c2ccc(-c3nc(-c4ccccc4)nc(-c4cccc(-c5ccc6ccc7c(c6c5)-c5ccccc5C7(C)C)c4)n3)cc21.CC1(C)c2ccccc2-c2ccc3c(-c4nc5ccccc5nc4-c4ccccc4)cccc3c21. The van der Waals surface area contributed by atoms with E-state index >= 15 is 0 Å². The lowest BCUT2D eigenvalue weighted by Gasteiger charge is -2.23. The second-order valence-electron chi connectivity index (χ2n) is 38.7. The fraction of sp³-hybridized carbons (Fsp3) is 0.0938. The molecule has 27 rings (SSSR count). The highest BCUT2D eigenvalue weighted by atomic mass is 16.3. The van der Waals surface area contributed by atoms with Crippen LogP contribution in [-0.4, -0.2) is 39.9 Å². The van der Waals surface area contributed by atoms with Crippen LogP contribution in [0.3, 0.4) is 0 Å². The van der Waals surface area contributed by atoms with Crippen LogP contribution in [0.5, 0.6) is 0 Å². The lowest BCUT2D eigenvalue weighted by Crippen LogP contribution is -2.15. The van der Waals surface area contributed by atoms with Gasteiger partial charge in [-0.15, -0.1) is 0 Å². The predicted octanol–water partition coefficient (Wildman–Crippen LogP) is 32.6. The molecular formula is C128H92N8O. The van der Waals surface area contributed by atoms with Gasteiger partial charge in [0.2, 0.25) is 0 Å². The summed E-state index contributed by atoms with van der Waals surface area (Å²) in [6.45, 7) is 18.6. The zero-order valence-electron chi connectivity index (χ0n) is 77.2. The zero-order chi connectivity index (χ0) is 92.2. The number of hydrogen-bond donors (Lipinski definition) is 0. The van der Waals surface area contributed by atoms with Crippen molar-refractivity contribution in [1.29, 1.82) is 0 Å². The number of hydrogen-bond acceptors (Lipinski definition) is 9. The van der Waals surface area contributed by atoms with Gasteiger partial charge in [0, 0.05) is 76.9 Å². The first-order valence-corrected chi connectivity index (χ1v) is 47.3. The minimum absolute atomic E-state index is 0.0402. The van der Waals surface area contributed by atoms with E-state index in [9.17, 15) is 0 Å². The maximum absolute atomic E-state index is 6.24. The molecule has 0 radical (unpaired) electrons. The molecule has 137 heavy (non-hydrogen) atoms. The minimum Gasteiger partial charge on any atom is -0.456 e. The van der Waals surface area contributed by atoms with Gasteiger partial charge < -0.3 is 4.42 Å². The molecule has 9 nitrogen and oxygen atoms in total. The molecule has 0 N–H and O–H groups in total. The van der Waals surface area contributed by atoms with Crippen LogP contribution < -0.4 is 0 Å². The minimum atomic E-state index is -0.119. The van der Waals surface area contributed by atoms with Gasteiger partial charge in [-0.1, -0.05) is 413 Å². The van der Waals surface area contributed by atoms with E-state index in [0.717, 1.165) is 100.0 Å². The van der Waals surface area contributed by atoms with Crippen molar-refractivity contribution in [2.24, 2.45) is 0 Å². The van der Waals surface area contributed by atoms with Gasteiger partial charge >= 0.3 is 0 Å². The van der Waals surface area contributed by atoms with Crippen LogP contribution >= 0.6 is 0 Å². The van der Waals surface area contributed by atoms with Crippen molar-refractivity contribution in [1.82, 2.24) is 39.9 Å². The fourth-order valence-corrected chi connectivity index (χ4v) is 22.4. The molecule has 0 amide bonds. The third kappa shape index (κ3) is 13.6. The van der Waals surface area contributed by atoms with Gasteiger partial charge in [0.25, 0.3) is 0 Å². The summed E-state index contributed by atoms with van der Waals surface area (Å²) in [5.41, 5.74) is 39.0. The number of benzene rings is 19. The van der Waals surface area contributed by atoms with E-state index in [4.69, 9.17) is 44.3 Å². The topological polar surface area (TPSA) is 116 Å². The van der Waals surface area contributed by atoms with Crippen molar-refractivity contribution in [2.45, 2.75) is 77.0 Å². The van der Waals surface area contributed by atoms with E-state index in [2.05, 4.69) is 365 Å². The maximum Gasteiger partial charge on any atom is 0.164 e. The van der Waals surface area contributed by atoms with Crippen LogP contribution in [0.2, 0.25) is 0 Å². The molecule has 0 aliphatic heterocycles. The molecule has 0 atom stereocenters. The summed E-state index contributed by atoms with van der Waals surface area (Å²) in [5, 5.41) is 9.72. The van der Waals surface area contributed by atoms with Crippen molar-refractivity contribution in [3.8, 4) is 158 Å². The lowest BCUT2D eigenvalue weighted by atomic mass is 9.79. The number of rotatable bonds is 10. The highest BCUT2D eigenvalue weighted by Gasteiger charge is 2.41. The van der Waals surface area contributed by atoms with Gasteiger partial charge in [0.15, 0.2) is 34.9 Å². The number of fused-ring (bicyclic) bond motifs is 22. The van der Waals surface area contributed by atoms with Crippen LogP contribution in [0.1, 0.15) is 99.9 Å². The summed E-state index contributed by atoms with van der Waals surface area (Å²) < 4.78 is 6.24. The zero-order valence-corrected chi connectivity index (χ0v) is 77.2. The molecule has 650 valence electrons. The lowest BCUT2D eigenvalue weighted by molar-refractivity contribution is 0.660. The van der Waals surface area contributed by atoms with E-state index in [-0.39, 0.29) is 21.7 Å². The standard InChI is InChI=1S/C49H37N3.C46H31N3O.C33H24N2/c1-48(2)41-20-11-9-18-38(41)44-39-28-33(22-21-30(39)24-26-42(44)48)32-15-12-16-34(27-32)46-50-45(31-13-6-5-7-14-31)51-47(52-46)35-23-25-37-36-17-8-10-19-40(36)49(3,4)43(37)29-35;1-46(2)37-20-8-6-18-36(37)42-38(46)25-23-28-14-11-19-33(41(28)42)30-15-10-16-31(26-30)44-47-43(29-12-4-3-5-13-29)48-45(49-44)32-22-24-35-34-17-7-9-21-39(34)50-40(35)27-32;1-33(2)27-16-7-6-13-23(27)25-20-19-22-24(30(25)33)14-10-15-26(22)32-31(21-11-4-3-5-12-21)34-28-17-8-9-18-29(28)35-32/h5-29H,1-4H3;3-27H,1-2H3;3-20H,1-2H3. The van der Waals surface area contributed by atoms with E-state index in [1.807, 2.05) is 103 Å². The largest absolute Gasteiger partial charge is 0.456 e. The molecule has 4 aliphatic rings. The van der Waals surface area contributed by atoms with E-state index in [1.165, 1.54) is 132 Å². The van der Waals surface area contributed by atoms with E-state index in [0.29, 0.717) is 34.9 Å². The van der Waals surface area contributed by atoms with Gasteiger partial charge in [0.05, 0.1) is 22.4 Å². The summed E-state index contributed by atoms with van der Waals surface area (Å²) in [7, 11) is 0. The molecule has 0 saturated heterocycles. The van der Waals surface area contributed by atoms with Crippen molar-refractivity contribution in [2.75, 3.05) is 0 Å². The maximum atomic E-state index is 6.24. The molecule has 0 unspecified atom stereocenters. The Kier molecular flexibility index (Phi) is 19.1. The molecule has 0 fully saturated rings. The molecule has 0 spiro atoms. The highest BCUT2D eigenvalue weighted by molar-refractivity contribution is 6.12. The Labute approximate surface area is 795 Å². The quantitative estimate of drug-likeness (QED) is 0.132. The predicted molar refractivity (Wildman–Crippen MR) is 564 cm³/mol. The first-order chi connectivity index (χ1) is 66.9. The molecule has 23 aromatic rings. The normalized spacial score (nSPS) is 13.8. The summed E-state index contributed by atoms with van der Waals surface area (Å²) in [4.78, 5) is 40.8. The van der Waals surface area contributed by atoms with Crippen molar-refractivity contribution in [3.63, 3.8) is 0 Å². The Hall–Kier alpha value is -16.9. The summed E-state index contributed by atoms with van der Waals surface area (Å²) in [6.07, 6.45) is 0. The Morgan fingerprint density at radius 1 is 0.182 bits per heavy atom. The van der Waals surface area contributed by atoms with Gasteiger partial charge in [-0.05, 0) is 198 Å². The van der Waals surface area contributed by atoms with Crippen molar-refractivity contribution in [3.05, 3.63) is 457 Å². The van der Waals surface area contributed by atoms with Crippen molar-refractivity contribution >= 4 is 65.3 Å².